The first-order valence-corrected chi connectivity index (χ1v) is 9.15. The first kappa shape index (κ1) is 18.8. The predicted octanol–water partition coefficient (Wildman–Crippen LogP) is 1.83. The van der Waals surface area contributed by atoms with Gasteiger partial charge in [-0.05, 0) is 23.8 Å². The zero-order chi connectivity index (χ0) is 17.4. The summed E-state index contributed by atoms with van der Waals surface area (Å²) in [6.07, 6.45) is 3.78. The Morgan fingerprint density at radius 2 is 2.23 bits per heavy atom. The molecule has 1 aromatic heterocycles. The number of aryl methyl sites for hydroxylation is 1. The van der Waals surface area contributed by atoms with Crippen molar-refractivity contribution in [3.8, 4) is 0 Å². The number of rotatable bonds is 3. The first-order chi connectivity index (χ1) is 12.1. The second-order valence-electron chi connectivity index (χ2n) is 6.36. The monoisotopic (exact) mass is 393 g/mol. The van der Waals surface area contributed by atoms with Crippen LogP contribution in [0.4, 0.5) is 11.4 Å². The maximum Gasteiger partial charge on any atom is 0.234 e. The lowest BCUT2D eigenvalue weighted by atomic mass is 9.90. The molecular formula is C17H20ClN5O2S. The van der Waals surface area contributed by atoms with E-state index in [1.807, 2.05) is 37.6 Å². The van der Waals surface area contributed by atoms with Crippen molar-refractivity contribution in [2.75, 3.05) is 29.5 Å². The molecule has 2 amide bonds. The summed E-state index contributed by atoms with van der Waals surface area (Å²) in [5.41, 5.74) is 2.53. The van der Waals surface area contributed by atoms with Gasteiger partial charge in [0.25, 0.3) is 0 Å². The number of benzene rings is 1. The third kappa shape index (κ3) is 3.72. The highest BCUT2D eigenvalue weighted by molar-refractivity contribution is 8.00. The molecule has 0 radical (unpaired) electrons. The second-order valence-corrected chi connectivity index (χ2v) is 7.37. The van der Waals surface area contributed by atoms with Crippen LogP contribution >= 0.6 is 24.2 Å². The van der Waals surface area contributed by atoms with Gasteiger partial charge in [0.2, 0.25) is 11.8 Å². The van der Waals surface area contributed by atoms with E-state index in [1.54, 1.807) is 4.68 Å². The maximum absolute atomic E-state index is 12.8. The minimum absolute atomic E-state index is 0. The van der Waals surface area contributed by atoms with Crippen LogP contribution in [0.3, 0.4) is 0 Å². The lowest BCUT2D eigenvalue weighted by molar-refractivity contribution is -0.119. The van der Waals surface area contributed by atoms with Crippen molar-refractivity contribution >= 4 is 47.4 Å². The molecule has 0 aliphatic carbocycles. The molecule has 0 unspecified atom stereocenters. The van der Waals surface area contributed by atoms with Crippen LogP contribution in [-0.2, 0) is 16.6 Å². The summed E-state index contributed by atoms with van der Waals surface area (Å²) in [4.78, 5) is 25.3. The number of carbonyl (C=O) groups excluding carboxylic acids is 2. The van der Waals surface area contributed by atoms with Crippen LogP contribution in [0.15, 0.2) is 35.5 Å². The molecule has 9 heteroatoms. The quantitative estimate of drug-likeness (QED) is 0.740. The Kier molecular flexibility index (Phi) is 5.55. The zero-order valence-electron chi connectivity index (χ0n) is 14.2. The number of hydrogen-bond acceptors (Lipinski definition) is 5. The van der Waals surface area contributed by atoms with E-state index in [4.69, 9.17) is 0 Å². The Bertz CT molecular complexity index is 840. The van der Waals surface area contributed by atoms with Crippen molar-refractivity contribution in [1.82, 2.24) is 15.1 Å². The molecule has 1 aromatic carbocycles. The topological polar surface area (TPSA) is 88.0 Å². The van der Waals surface area contributed by atoms with E-state index in [9.17, 15) is 9.59 Å². The van der Waals surface area contributed by atoms with E-state index in [1.165, 1.54) is 11.8 Å². The van der Waals surface area contributed by atoms with Crippen LogP contribution in [0.5, 0.6) is 0 Å². The third-order valence-electron chi connectivity index (χ3n) is 4.58. The Morgan fingerprint density at radius 1 is 1.38 bits per heavy atom. The van der Waals surface area contributed by atoms with Crippen molar-refractivity contribution in [2.45, 2.75) is 10.8 Å². The van der Waals surface area contributed by atoms with Gasteiger partial charge in [-0.1, -0.05) is 0 Å². The molecule has 0 saturated carbocycles. The molecule has 4 rings (SSSR count). The van der Waals surface area contributed by atoms with Crippen LogP contribution < -0.4 is 16.0 Å². The number of nitrogens with zero attached hydrogens (tertiary/aromatic N) is 2. The van der Waals surface area contributed by atoms with Crippen LogP contribution in [0.1, 0.15) is 11.5 Å². The fourth-order valence-corrected chi connectivity index (χ4v) is 4.12. The summed E-state index contributed by atoms with van der Waals surface area (Å²) in [5, 5.41) is 13.3. The number of amides is 2. The number of thioether (sulfide) groups is 1. The molecule has 2 aromatic rings. The van der Waals surface area contributed by atoms with Gasteiger partial charge in [0.15, 0.2) is 0 Å². The van der Waals surface area contributed by atoms with Gasteiger partial charge in [0.1, 0.15) is 0 Å². The predicted molar refractivity (Wildman–Crippen MR) is 104 cm³/mol. The molecule has 2 aliphatic heterocycles. The normalized spacial score (nSPS) is 21.5. The van der Waals surface area contributed by atoms with Crippen molar-refractivity contribution < 1.29 is 9.59 Å². The number of carbonyl (C=O) groups is 2. The highest BCUT2D eigenvalue weighted by Crippen LogP contribution is 2.34. The van der Waals surface area contributed by atoms with Crippen molar-refractivity contribution in [3.05, 3.63) is 36.2 Å². The molecule has 1 fully saturated rings. The molecule has 0 spiro atoms. The van der Waals surface area contributed by atoms with Gasteiger partial charge in [0.05, 0.1) is 23.6 Å². The second kappa shape index (κ2) is 7.69. The van der Waals surface area contributed by atoms with Crippen molar-refractivity contribution in [3.63, 3.8) is 0 Å². The van der Waals surface area contributed by atoms with Gasteiger partial charge in [-0.3, -0.25) is 14.3 Å². The standard InChI is InChI=1S/C17H19N5O2S.ClH/c1-22-8-10(5-19-22)12-6-18-7-13(12)17(24)20-11-2-3-15-14(4-11)21-16(23)9-25-15;/h2-5,8,12-13,18H,6-7,9H2,1H3,(H,20,24)(H,21,23);1H/t12-,13+;/m1./s1. The molecule has 26 heavy (non-hydrogen) atoms. The Morgan fingerprint density at radius 3 is 3.00 bits per heavy atom. The van der Waals surface area contributed by atoms with E-state index in [0.717, 1.165) is 22.7 Å². The lowest BCUT2D eigenvalue weighted by Gasteiger charge is -2.19. The van der Waals surface area contributed by atoms with Gasteiger partial charge in [-0.15, -0.1) is 24.2 Å². The smallest absolute Gasteiger partial charge is 0.234 e. The lowest BCUT2D eigenvalue weighted by Crippen LogP contribution is -2.28. The molecule has 3 heterocycles. The number of halogens is 1. The largest absolute Gasteiger partial charge is 0.326 e. The fourth-order valence-electron chi connectivity index (χ4n) is 3.33. The Hall–Kier alpha value is -2.03. The van der Waals surface area contributed by atoms with Gasteiger partial charge in [-0.25, -0.2) is 0 Å². The summed E-state index contributed by atoms with van der Waals surface area (Å²) in [7, 11) is 1.88. The van der Waals surface area contributed by atoms with Crippen LogP contribution in [0, 0.1) is 5.92 Å². The average Bonchev–Trinajstić information content (AvgIpc) is 3.23. The van der Waals surface area contributed by atoms with E-state index in [2.05, 4.69) is 21.0 Å². The summed E-state index contributed by atoms with van der Waals surface area (Å²) in [6.45, 7) is 1.41. The van der Waals surface area contributed by atoms with Crippen LogP contribution in [0.25, 0.3) is 0 Å². The van der Waals surface area contributed by atoms with Gasteiger partial charge < -0.3 is 16.0 Å². The van der Waals surface area contributed by atoms with Crippen LogP contribution in [0.2, 0.25) is 0 Å². The Labute approximate surface area is 161 Å². The molecule has 2 atom stereocenters. The average molecular weight is 394 g/mol. The first-order valence-electron chi connectivity index (χ1n) is 8.17. The molecular weight excluding hydrogens is 374 g/mol. The molecule has 7 nitrogen and oxygen atoms in total. The summed E-state index contributed by atoms with van der Waals surface area (Å²) < 4.78 is 1.76. The van der Waals surface area contributed by atoms with Gasteiger partial charge >= 0.3 is 0 Å². The van der Waals surface area contributed by atoms with Crippen molar-refractivity contribution in [2.24, 2.45) is 13.0 Å². The minimum atomic E-state index is -0.149. The number of aromatic nitrogens is 2. The van der Waals surface area contributed by atoms with E-state index in [0.29, 0.717) is 18.0 Å². The van der Waals surface area contributed by atoms with Gasteiger partial charge in [-0.2, -0.15) is 5.10 Å². The number of anilines is 2. The molecule has 3 N–H and O–H groups in total. The zero-order valence-corrected chi connectivity index (χ0v) is 15.8. The Balaban J connectivity index is 0.00000196. The highest BCUT2D eigenvalue weighted by Gasteiger charge is 2.34. The molecule has 138 valence electrons. The van der Waals surface area contributed by atoms with Crippen molar-refractivity contribution in [1.29, 1.82) is 0 Å². The van der Waals surface area contributed by atoms with Crippen LogP contribution in [-0.4, -0.2) is 40.4 Å². The fraction of sp³-hybridized carbons (Fsp3) is 0.353. The molecule has 1 saturated heterocycles. The minimum Gasteiger partial charge on any atom is -0.326 e. The summed E-state index contributed by atoms with van der Waals surface area (Å²) in [5.74, 6) is 0.358. The van der Waals surface area contributed by atoms with E-state index < -0.39 is 0 Å². The molecule has 2 aliphatic rings. The molecule has 0 bridgehead atoms. The van der Waals surface area contributed by atoms with E-state index >= 15 is 0 Å². The maximum atomic E-state index is 12.8. The number of nitrogens with one attached hydrogen (secondary N) is 3. The third-order valence-corrected chi connectivity index (χ3v) is 5.66. The van der Waals surface area contributed by atoms with Gasteiger partial charge in [0, 0.05) is 42.8 Å². The number of fused-ring (bicyclic) bond motifs is 1. The summed E-state index contributed by atoms with van der Waals surface area (Å²) in [6, 6.07) is 5.63. The number of hydrogen-bond donors (Lipinski definition) is 3. The SMILES string of the molecule is Cl.Cn1cc([C@H]2CNC[C@@H]2C(=O)Nc2ccc3c(c2)NC(=O)CS3)cn1. The van der Waals surface area contributed by atoms with E-state index in [-0.39, 0.29) is 36.1 Å². The highest BCUT2D eigenvalue weighted by atomic mass is 35.5. The summed E-state index contributed by atoms with van der Waals surface area (Å²) >= 11 is 1.51.